The van der Waals surface area contributed by atoms with Crippen molar-refractivity contribution in [1.29, 1.82) is 0 Å². The molecule has 0 spiro atoms. The first-order valence-corrected chi connectivity index (χ1v) is 8.41. The number of hydrogen-bond donors (Lipinski definition) is 0. The summed E-state index contributed by atoms with van der Waals surface area (Å²) in [5.74, 6) is 1.23. The van der Waals surface area contributed by atoms with Crippen molar-refractivity contribution >= 4 is 5.78 Å². The van der Waals surface area contributed by atoms with Gasteiger partial charge in [-0.2, -0.15) is 0 Å². The van der Waals surface area contributed by atoms with E-state index in [4.69, 9.17) is 0 Å². The Kier molecular flexibility index (Phi) is 4.91. The van der Waals surface area contributed by atoms with Crippen molar-refractivity contribution in [3.63, 3.8) is 0 Å². The van der Waals surface area contributed by atoms with E-state index in [0.29, 0.717) is 17.6 Å². The number of ketones is 1. The molecule has 0 saturated carbocycles. The minimum absolute atomic E-state index is 0.217. The zero-order valence-corrected chi connectivity index (χ0v) is 14.3. The van der Waals surface area contributed by atoms with Gasteiger partial charge in [0.2, 0.25) is 0 Å². The van der Waals surface area contributed by atoms with Crippen LogP contribution in [0.1, 0.15) is 66.7 Å². The van der Waals surface area contributed by atoms with Crippen LogP contribution in [0, 0.1) is 17.3 Å². The van der Waals surface area contributed by atoms with E-state index in [-0.39, 0.29) is 5.41 Å². The minimum Gasteiger partial charge on any atom is -0.294 e. The molecule has 21 heavy (non-hydrogen) atoms. The third-order valence-electron chi connectivity index (χ3n) is 5.43. The summed E-state index contributed by atoms with van der Waals surface area (Å²) in [5, 5.41) is 0. The van der Waals surface area contributed by atoms with Gasteiger partial charge in [0.1, 0.15) is 0 Å². The second-order valence-electron chi connectivity index (χ2n) is 7.52. The molecule has 2 aliphatic rings. The summed E-state index contributed by atoms with van der Waals surface area (Å²) in [6.07, 6.45) is 12.1. The molecule has 0 heterocycles. The molecule has 0 aromatic carbocycles. The maximum atomic E-state index is 12.7. The molecular formula is C20H30O. The fourth-order valence-corrected chi connectivity index (χ4v) is 3.76. The van der Waals surface area contributed by atoms with Crippen LogP contribution in [0.5, 0.6) is 0 Å². The topological polar surface area (TPSA) is 17.1 Å². The highest BCUT2D eigenvalue weighted by molar-refractivity contribution is 5.98. The molecule has 2 atom stereocenters. The van der Waals surface area contributed by atoms with Gasteiger partial charge in [-0.05, 0) is 63.9 Å². The van der Waals surface area contributed by atoms with Crippen LogP contribution in [-0.2, 0) is 4.79 Å². The Morgan fingerprint density at radius 2 is 1.81 bits per heavy atom. The van der Waals surface area contributed by atoms with E-state index in [9.17, 15) is 4.79 Å². The molecule has 0 aromatic rings. The van der Waals surface area contributed by atoms with Gasteiger partial charge in [0.25, 0.3) is 0 Å². The summed E-state index contributed by atoms with van der Waals surface area (Å²) in [6.45, 7) is 11.1. The van der Waals surface area contributed by atoms with Crippen LogP contribution in [0.25, 0.3) is 0 Å². The summed E-state index contributed by atoms with van der Waals surface area (Å²) in [7, 11) is 0. The van der Waals surface area contributed by atoms with Crippen molar-refractivity contribution < 1.29 is 4.79 Å². The Bertz CT molecular complexity index is 504. The lowest BCUT2D eigenvalue weighted by molar-refractivity contribution is -0.123. The highest BCUT2D eigenvalue weighted by Crippen LogP contribution is 2.48. The second kappa shape index (κ2) is 6.34. The number of hydrogen-bond acceptors (Lipinski definition) is 1. The quantitative estimate of drug-likeness (QED) is 0.571. The van der Waals surface area contributed by atoms with Crippen molar-refractivity contribution in [1.82, 2.24) is 0 Å². The van der Waals surface area contributed by atoms with E-state index in [0.717, 1.165) is 32.1 Å². The maximum absolute atomic E-state index is 12.7. The molecule has 2 unspecified atom stereocenters. The zero-order valence-electron chi connectivity index (χ0n) is 14.3. The molecule has 0 aromatic heterocycles. The fourth-order valence-electron chi connectivity index (χ4n) is 3.76. The van der Waals surface area contributed by atoms with Crippen LogP contribution < -0.4 is 0 Å². The van der Waals surface area contributed by atoms with Gasteiger partial charge in [-0.3, -0.25) is 4.79 Å². The number of allylic oxidation sites excluding steroid dienone is 6. The Labute approximate surface area is 130 Å². The largest absolute Gasteiger partial charge is 0.294 e. The van der Waals surface area contributed by atoms with Crippen molar-refractivity contribution in [2.45, 2.75) is 66.7 Å². The summed E-state index contributed by atoms with van der Waals surface area (Å²) in [4.78, 5) is 12.7. The monoisotopic (exact) mass is 286 g/mol. The average molecular weight is 286 g/mol. The van der Waals surface area contributed by atoms with Gasteiger partial charge in [-0.1, -0.05) is 49.6 Å². The van der Waals surface area contributed by atoms with Crippen LogP contribution in [0.3, 0.4) is 0 Å². The molecule has 0 radical (unpaired) electrons. The SMILES string of the molecule is CC1=CCC2(C)C(=O)C=C(C(C)C)C2CCC(C)=CCC1. The lowest BCUT2D eigenvalue weighted by Gasteiger charge is -2.33. The zero-order chi connectivity index (χ0) is 15.6. The first kappa shape index (κ1) is 16.3. The molecule has 0 N–H and O–H groups in total. The van der Waals surface area contributed by atoms with Gasteiger partial charge in [-0.15, -0.1) is 0 Å². The lowest BCUT2D eigenvalue weighted by atomic mass is 9.69. The van der Waals surface area contributed by atoms with Gasteiger partial charge in [0.05, 0.1) is 0 Å². The predicted molar refractivity (Wildman–Crippen MR) is 90.1 cm³/mol. The Morgan fingerprint density at radius 1 is 1.14 bits per heavy atom. The van der Waals surface area contributed by atoms with Gasteiger partial charge < -0.3 is 0 Å². The maximum Gasteiger partial charge on any atom is 0.162 e. The van der Waals surface area contributed by atoms with E-state index in [2.05, 4.69) is 46.8 Å². The number of rotatable bonds is 1. The van der Waals surface area contributed by atoms with E-state index >= 15 is 0 Å². The standard InChI is InChI=1S/C20H30O/c1-14(2)17-13-19(21)20(5)12-11-16(4)8-6-7-15(3)9-10-18(17)20/h7,11,13-14,18H,6,8-10,12H2,1-5H3. The van der Waals surface area contributed by atoms with Gasteiger partial charge in [0.15, 0.2) is 5.78 Å². The third-order valence-corrected chi connectivity index (χ3v) is 5.43. The van der Waals surface area contributed by atoms with E-state index in [1.807, 2.05) is 6.08 Å². The molecule has 0 aliphatic heterocycles. The molecule has 2 aliphatic carbocycles. The van der Waals surface area contributed by atoms with Crippen molar-refractivity contribution in [3.05, 3.63) is 34.9 Å². The van der Waals surface area contributed by atoms with E-state index in [1.165, 1.54) is 16.7 Å². The van der Waals surface area contributed by atoms with E-state index in [1.54, 1.807) is 0 Å². The van der Waals surface area contributed by atoms with Crippen molar-refractivity contribution in [2.75, 3.05) is 0 Å². The average Bonchev–Trinajstić information content (AvgIpc) is 2.65. The third kappa shape index (κ3) is 3.39. The van der Waals surface area contributed by atoms with Gasteiger partial charge >= 0.3 is 0 Å². The highest BCUT2D eigenvalue weighted by Gasteiger charge is 2.46. The van der Waals surface area contributed by atoms with E-state index < -0.39 is 0 Å². The smallest absolute Gasteiger partial charge is 0.162 e. The normalized spacial score (nSPS) is 31.2. The number of fused-ring (bicyclic) bond motifs is 1. The van der Waals surface area contributed by atoms with Gasteiger partial charge in [0, 0.05) is 5.41 Å². The van der Waals surface area contributed by atoms with Crippen molar-refractivity contribution in [3.8, 4) is 0 Å². The highest BCUT2D eigenvalue weighted by atomic mass is 16.1. The molecule has 0 saturated heterocycles. The molecule has 0 amide bonds. The summed E-state index contributed by atoms with van der Waals surface area (Å²) < 4.78 is 0. The minimum atomic E-state index is -0.217. The lowest BCUT2D eigenvalue weighted by Crippen LogP contribution is -2.31. The molecule has 0 fully saturated rings. The predicted octanol–water partition coefficient (Wildman–Crippen LogP) is 5.63. The molecule has 0 bridgehead atoms. The molecule has 116 valence electrons. The number of carbonyl (C=O) groups is 1. The van der Waals surface area contributed by atoms with Crippen LogP contribution >= 0.6 is 0 Å². The molecule has 2 rings (SSSR count). The first-order valence-electron chi connectivity index (χ1n) is 8.41. The Balaban J connectivity index is 2.36. The summed E-state index contributed by atoms with van der Waals surface area (Å²) in [5.41, 5.74) is 4.06. The van der Waals surface area contributed by atoms with Crippen molar-refractivity contribution in [2.24, 2.45) is 17.3 Å². The second-order valence-corrected chi connectivity index (χ2v) is 7.52. The van der Waals surface area contributed by atoms with Crippen LogP contribution in [0.4, 0.5) is 0 Å². The summed E-state index contributed by atoms with van der Waals surface area (Å²) in [6, 6.07) is 0. The van der Waals surface area contributed by atoms with Gasteiger partial charge in [-0.25, -0.2) is 0 Å². The van der Waals surface area contributed by atoms with Crippen LogP contribution in [0.15, 0.2) is 34.9 Å². The van der Waals surface area contributed by atoms with Crippen LogP contribution in [-0.4, -0.2) is 5.78 Å². The number of carbonyl (C=O) groups excluding carboxylic acids is 1. The molecular weight excluding hydrogens is 256 g/mol. The molecule has 1 heteroatoms. The van der Waals surface area contributed by atoms with Crippen LogP contribution in [0.2, 0.25) is 0 Å². The Hall–Kier alpha value is -1.11. The Morgan fingerprint density at radius 3 is 2.48 bits per heavy atom. The molecule has 1 nitrogen and oxygen atoms in total. The first-order chi connectivity index (χ1) is 9.84. The fraction of sp³-hybridized carbons (Fsp3) is 0.650. The summed E-state index contributed by atoms with van der Waals surface area (Å²) >= 11 is 0.